The molecule has 2 aromatic heterocycles. The predicted molar refractivity (Wildman–Crippen MR) is 126 cm³/mol. The highest BCUT2D eigenvalue weighted by molar-refractivity contribution is 5.92. The number of fused-ring (bicyclic) bond motifs is 1. The summed E-state index contributed by atoms with van der Waals surface area (Å²) in [5, 5.41) is 0. The molecule has 6 nitrogen and oxygen atoms in total. The first-order valence-corrected chi connectivity index (χ1v) is 11.0. The number of hydrogen-bond donors (Lipinski definition) is 0. The number of benzene rings is 2. The maximum absolute atomic E-state index is 13.8. The highest BCUT2D eigenvalue weighted by atomic mass is 16.2. The predicted octanol–water partition coefficient (Wildman–Crippen LogP) is 3.78. The molecule has 0 bridgehead atoms. The number of rotatable bonds is 4. The van der Waals surface area contributed by atoms with Crippen molar-refractivity contribution in [1.29, 1.82) is 0 Å². The molecule has 5 rings (SSSR count). The Morgan fingerprint density at radius 1 is 0.909 bits per heavy atom. The van der Waals surface area contributed by atoms with Crippen molar-refractivity contribution in [3.63, 3.8) is 0 Å². The highest BCUT2D eigenvalue weighted by Crippen LogP contribution is 2.27. The Balaban J connectivity index is 1.56. The van der Waals surface area contributed by atoms with Gasteiger partial charge < -0.3 is 4.90 Å². The molecule has 6 heteroatoms. The van der Waals surface area contributed by atoms with Crippen LogP contribution in [0.2, 0.25) is 0 Å². The summed E-state index contributed by atoms with van der Waals surface area (Å²) in [5.74, 6) is 0.486. The second kappa shape index (κ2) is 8.82. The molecule has 4 aromatic rings. The van der Waals surface area contributed by atoms with Crippen LogP contribution in [0.15, 0.2) is 89.9 Å². The lowest BCUT2D eigenvalue weighted by molar-refractivity contribution is 0.0724. The van der Waals surface area contributed by atoms with Gasteiger partial charge in [0.1, 0.15) is 11.5 Å². The Bertz CT molecular complexity index is 1300. The summed E-state index contributed by atoms with van der Waals surface area (Å²) in [6.07, 6.45) is 2.08. The van der Waals surface area contributed by atoms with Gasteiger partial charge in [-0.1, -0.05) is 66.7 Å². The van der Waals surface area contributed by atoms with E-state index in [2.05, 4.69) is 4.98 Å². The SMILES string of the molecule is Cc1nc2c(c(=O)n1C(c1ccccc1)c1ccccc1)CCN(C(=O)c1ccccn1)C2. The van der Waals surface area contributed by atoms with Crippen LogP contribution in [0.5, 0.6) is 0 Å². The summed E-state index contributed by atoms with van der Waals surface area (Å²) in [4.78, 5) is 37.4. The number of aromatic nitrogens is 3. The fourth-order valence-electron chi connectivity index (χ4n) is 4.51. The van der Waals surface area contributed by atoms with E-state index in [1.165, 1.54) is 0 Å². The maximum Gasteiger partial charge on any atom is 0.272 e. The molecular weight excluding hydrogens is 412 g/mol. The van der Waals surface area contributed by atoms with Crippen LogP contribution >= 0.6 is 0 Å². The molecule has 0 saturated carbocycles. The lowest BCUT2D eigenvalue weighted by atomic mass is 9.97. The zero-order chi connectivity index (χ0) is 22.8. The molecule has 3 heterocycles. The van der Waals surface area contributed by atoms with Crippen molar-refractivity contribution >= 4 is 5.91 Å². The first-order valence-electron chi connectivity index (χ1n) is 11.0. The Hall–Kier alpha value is -4.06. The Morgan fingerprint density at radius 3 is 2.15 bits per heavy atom. The van der Waals surface area contributed by atoms with E-state index in [9.17, 15) is 9.59 Å². The van der Waals surface area contributed by atoms with E-state index in [0.717, 1.165) is 11.1 Å². The van der Waals surface area contributed by atoms with Crippen molar-refractivity contribution in [2.24, 2.45) is 0 Å². The zero-order valence-electron chi connectivity index (χ0n) is 18.4. The standard InChI is InChI=1S/C27H24N4O2/c1-19-29-24-18-30(27(33)23-14-8-9-16-28-23)17-15-22(24)26(32)31(19)25(20-10-4-2-5-11-20)21-12-6-3-7-13-21/h2-14,16,25H,15,17-18H2,1H3. The van der Waals surface area contributed by atoms with Gasteiger partial charge >= 0.3 is 0 Å². The lowest BCUT2D eigenvalue weighted by Gasteiger charge is -2.30. The van der Waals surface area contributed by atoms with Gasteiger partial charge in [-0.15, -0.1) is 0 Å². The quantitative estimate of drug-likeness (QED) is 0.488. The number of aryl methyl sites for hydroxylation is 1. The second-order valence-corrected chi connectivity index (χ2v) is 8.18. The van der Waals surface area contributed by atoms with Crippen LogP contribution in [0, 0.1) is 6.92 Å². The van der Waals surface area contributed by atoms with Gasteiger partial charge in [0.15, 0.2) is 0 Å². The zero-order valence-corrected chi connectivity index (χ0v) is 18.4. The summed E-state index contributed by atoms with van der Waals surface area (Å²) in [5.41, 5.74) is 3.77. The Morgan fingerprint density at radius 2 is 1.55 bits per heavy atom. The molecule has 0 aliphatic carbocycles. The molecule has 1 aliphatic rings. The number of pyridine rings is 1. The van der Waals surface area contributed by atoms with Gasteiger partial charge in [0, 0.05) is 18.3 Å². The average Bonchev–Trinajstić information content (AvgIpc) is 2.87. The monoisotopic (exact) mass is 436 g/mol. The number of carbonyl (C=O) groups excluding carboxylic acids is 1. The van der Waals surface area contributed by atoms with Gasteiger partial charge in [-0.2, -0.15) is 0 Å². The van der Waals surface area contributed by atoms with Gasteiger partial charge in [0.25, 0.3) is 11.5 Å². The fourth-order valence-corrected chi connectivity index (χ4v) is 4.51. The van der Waals surface area contributed by atoms with E-state index in [0.29, 0.717) is 42.3 Å². The lowest BCUT2D eigenvalue weighted by Crippen LogP contribution is -2.42. The molecule has 1 aliphatic heterocycles. The van der Waals surface area contributed by atoms with Crippen LogP contribution in [0.4, 0.5) is 0 Å². The van der Waals surface area contributed by atoms with Crippen molar-refractivity contribution in [2.45, 2.75) is 25.9 Å². The third-order valence-electron chi connectivity index (χ3n) is 6.10. The average molecular weight is 437 g/mol. The van der Waals surface area contributed by atoms with E-state index in [4.69, 9.17) is 4.98 Å². The topological polar surface area (TPSA) is 68.1 Å². The molecule has 0 N–H and O–H groups in total. The fraction of sp³-hybridized carbons (Fsp3) is 0.185. The molecule has 0 radical (unpaired) electrons. The summed E-state index contributed by atoms with van der Waals surface area (Å²) in [7, 11) is 0. The molecule has 0 spiro atoms. The molecule has 0 fully saturated rings. The van der Waals surface area contributed by atoms with Gasteiger partial charge in [0.2, 0.25) is 0 Å². The van der Waals surface area contributed by atoms with Crippen molar-refractivity contribution in [3.8, 4) is 0 Å². The van der Waals surface area contributed by atoms with Crippen molar-refractivity contribution in [2.75, 3.05) is 6.54 Å². The molecule has 1 amide bonds. The van der Waals surface area contributed by atoms with Gasteiger partial charge in [-0.25, -0.2) is 4.98 Å². The van der Waals surface area contributed by atoms with Crippen LogP contribution in [-0.4, -0.2) is 31.9 Å². The number of nitrogens with zero attached hydrogens (tertiary/aromatic N) is 4. The first-order chi connectivity index (χ1) is 16.1. The minimum Gasteiger partial charge on any atom is -0.331 e. The van der Waals surface area contributed by atoms with E-state index in [-0.39, 0.29) is 17.5 Å². The van der Waals surface area contributed by atoms with Crippen molar-refractivity contribution < 1.29 is 4.79 Å². The molecule has 0 unspecified atom stereocenters. The number of carbonyl (C=O) groups is 1. The maximum atomic E-state index is 13.8. The van der Waals surface area contributed by atoms with Crippen LogP contribution in [-0.2, 0) is 13.0 Å². The van der Waals surface area contributed by atoms with Crippen LogP contribution in [0.25, 0.3) is 0 Å². The van der Waals surface area contributed by atoms with Crippen molar-refractivity contribution in [3.05, 3.63) is 129 Å². The molecule has 0 saturated heterocycles. The minimum atomic E-state index is -0.272. The van der Waals surface area contributed by atoms with Gasteiger partial charge in [-0.3, -0.25) is 19.1 Å². The van der Waals surface area contributed by atoms with E-state index in [1.807, 2.05) is 67.6 Å². The van der Waals surface area contributed by atoms with E-state index >= 15 is 0 Å². The largest absolute Gasteiger partial charge is 0.331 e. The van der Waals surface area contributed by atoms with Crippen LogP contribution in [0.3, 0.4) is 0 Å². The summed E-state index contributed by atoms with van der Waals surface area (Å²) >= 11 is 0. The Labute approximate surface area is 192 Å². The van der Waals surface area contributed by atoms with Crippen molar-refractivity contribution in [1.82, 2.24) is 19.4 Å². The third-order valence-corrected chi connectivity index (χ3v) is 6.10. The number of hydrogen-bond acceptors (Lipinski definition) is 4. The van der Waals surface area contributed by atoms with Crippen LogP contribution in [0.1, 0.15) is 44.7 Å². The van der Waals surface area contributed by atoms with Gasteiger partial charge in [-0.05, 0) is 36.6 Å². The second-order valence-electron chi connectivity index (χ2n) is 8.18. The molecule has 0 atom stereocenters. The number of amides is 1. The van der Waals surface area contributed by atoms with E-state index < -0.39 is 0 Å². The summed E-state index contributed by atoms with van der Waals surface area (Å²) in [6, 6.07) is 25.1. The molecule has 33 heavy (non-hydrogen) atoms. The highest BCUT2D eigenvalue weighted by Gasteiger charge is 2.29. The normalized spacial score (nSPS) is 13.1. The molecule has 2 aromatic carbocycles. The van der Waals surface area contributed by atoms with Gasteiger partial charge in [0.05, 0.1) is 18.3 Å². The first kappa shape index (κ1) is 20.8. The summed E-state index contributed by atoms with van der Waals surface area (Å²) in [6.45, 7) is 2.63. The third kappa shape index (κ3) is 3.96. The van der Waals surface area contributed by atoms with Crippen LogP contribution < -0.4 is 5.56 Å². The smallest absolute Gasteiger partial charge is 0.272 e. The molecule has 164 valence electrons. The van der Waals surface area contributed by atoms with E-state index in [1.54, 1.807) is 33.9 Å². The molecular formula is C27H24N4O2. The minimum absolute atomic E-state index is 0.0415. The summed E-state index contributed by atoms with van der Waals surface area (Å²) < 4.78 is 1.79. The Kier molecular flexibility index (Phi) is 5.57.